The largest absolute Gasteiger partial charge is 0.280 e. The van der Waals surface area contributed by atoms with E-state index in [4.69, 9.17) is 5.26 Å². The fourth-order valence-electron chi connectivity index (χ4n) is 2.69. The smallest absolute Gasteiger partial charge is 0.0986 e. The van der Waals surface area contributed by atoms with Crippen molar-refractivity contribution < 1.29 is 0 Å². The van der Waals surface area contributed by atoms with Crippen LogP contribution in [0.4, 0.5) is 0 Å². The molecule has 1 saturated carbocycles. The molecule has 2 nitrogen and oxygen atoms in total. The highest BCUT2D eigenvalue weighted by atomic mass is 15.2. The van der Waals surface area contributed by atoms with Crippen molar-refractivity contribution >= 4 is 0 Å². The lowest BCUT2D eigenvalue weighted by molar-refractivity contribution is 0.247. The Morgan fingerprint density at radius 1 is 1.27 bits per heavy atom. The van der Waals surface area contributed by atoms with Gasteiger partial charge in [0.15, 0.2) is 0 Å². The Kier molecular flexibility index (Phi) is 2.00. The zero-order valence-electron chi connectivity index (χ0n) is 8.63. The molecule has 0 radical (unpaired) electrons. The first-order valence-corrected chi connectivity index (χ1v) is 5.58. The number of piperidine rings is 1. The standard InChI is InChI=1S/C13H14N2/c14-8-12-6-11-7-13(11)15(12)9-10-4-2-1-3-5-10/h1-5,11-13H,6-7,9H2/t11-,12+,13+/m1/s1. The van der Waals surface area contributed by atoms with Crippen LogP contribution in [0.2, 0.25) is 0 Å². The van der Waals surface area contributed by atoms with Gasteiger partial charge in [-0.15, -0.1) is 0 Å². The normalized spacial score (nSPS) is 33.4. The zero-order chi connectivity index (χ0) is 10.3. The maximum absolute atomic E-state index is 9.06. The van der Waals surface area contributed by atoms with E-state index >= 15 is 0 Å². The molecule has 3 rings (SSSR count). The lowest BCUT2D eigenvalue weighted by Gasteiger charge is -2.22. The van der Waals surface area contributed by atoms with Gasteiger partial charge in [-0.25, -0.2) is 0 Å². The van der Waals surface area contributed by atoms with Gasteiger partial charge >= 0.3 is 0 Å². The SMILES string of the molecule is N#C[C@@H]1C[C@@H]2C[C@@H]2N1Cc1ccccc1. The third kappa shape index (κ3) is 1.53. The summed E-state index contributed by atoms with van der Waals surface area (Å²) in [6.07, 6.45) is 2.40. The summed E-state index contributed by atoms with van der Waals surface area (Å²) >= 11 is 0. The fraction of sp³-hybridized carbons (Fsp3) is 0.462. The molecule has 1 aromatic carbocycles. The third-order valence-corrected chi connectivity index (χ3v) is 3.59. The molecule has 1 aliphatic carbocycles. The van der Waals surface area contributed by atoms with Gasteiger partial charge in [0, 0.05) is 12.6 Å². The van der Waals surface area contributed by atoms with Crippen LogP contribution in [0.25, 0.3) is 0 Å². The van der Waals surface area contributed by atoms with Gasteiger partial charge in [0.1, 0.15) is 0 Å². The molecule has 1 heterocycles. The molecule has 1 aromatic rings. The van der Waals surface area contributed by atoms with Gasteiger partial charge in [0.25, 0.3) is 0 Å². The molecule has 0 bridgehead atoms. The van der Waals surface area contributed by atoms with Gasteiger partial charge in [0.2, 0.25) is 0 Å². The Hall–Kier alpha value is -1.33. The lowest BCUT2D eigenvalue weighted by atomic mass is 10.1. The molecule has 0 spiro atoms. The van der Waals surface area contributed by atoms with Crippen molar-refractivity contribution in [3.8, 4) is 6.07 Å². The van der Waals surface area contributed by atoms with E-state index in [1.807, 2.05) is 6.07 Å². The summed E-state index contributed by atoms with van der Waals surface area (Å²) in [6, 6.07) is 13.7. The highest BCUT2D eigenvalue weighted by molar-refractivity contribution is 5.19. The highest BCUT2D eigenvalue weighted by Gasteiger charge is 2.51. The second-order valence-electron chi connectivity index (χ2n) is 4.60. The number of rotatable bonds is 2. The van der Waals surface area contributed by atoms with E-state index in [-0.39, 0.29) is 6.04 Å². The minimum absolute atomic E-state index is 0.161. The van der Waals surface area contributed by atoms with Crippen molar-refractivity contribution in [3.63, 3.8) is 0 Å². The summed E-state index contributed by atoms with van der Waals surface area (Å²) in [5, 5.41) is 9.06. The second-order valence-corrected chi connectivity index (χ2v) is 4.60. The Labute approximate surface area is 90.1 Å². The topological polar surface area (TPSA) is 27.0 Å². The molecule has 2 aliphatic rings. The van der Waals surface area contributed by atoms with E-state index in [1.165, 1.54) is 12.0 Å². The Balaban J connectivity index is 1.75. The summed E-state index contributed by atoms with van der Waals surface area (Å²) in [4.78, 5) is 2.38. The van der Waals surface area contributed by atoms with Crippen LogP contribution < -0.4 is 0 Å². The molecule has 2 heteroatoms. The molecule has 0 aromatic heterocycles. The van der Waals surface area contributed by atoms with Crippen LogP contribution in [0.1, 0.15) is 18.4 Å². The van der Waals surface area contributed by atoms with Crippen molar-refractivity contribution in [2.45, 2.75) is 31.5 Å². The summed E-state index contributed by atoms with van der Waals surface area (Å²) in [6.45, 7) is 0.945. The first kappa shape index (κ1) is 8.94. The number of likely N-dealkylation sites (tertiary alicyclic amines) is 1. The number of nitriles is 1. The van der Waals surface area contributed by atoms with E-state index < -0.39 is 0 Å². The first-order valence-electron chi connectivity index (χ1n) is 5.58. The van der Waals surface area contributed by atoms with Gasteiger partial charge in [-0.3, -0.25) is 4.90 Å². The summed E-state index contributed by atoms with van der Waals surface area (Å²) in [5.41, 5.74) is 1.32. The highest BCUT2D eigenvalue weighted by Crippen LogP contribution is 2.48. The number of hydrogen-bond donors (Lipinski definition) is 0. The van der Waals surface area contributed by atoms with Gasteiger partial charge in [-0.1, -0.05) is 30.3 Å². The Bertz CT molecular complexity index is 393. The molecule has 0 unspecified atom stereocenters. The number of hydrogen-bond acceptors (Lipinski definition) is 2. The second kappa shape index (κ2) is 3.36. The summed E-state index contributed by atoms with van der Waals surface area (Å²) in [7, 11) is 0. The maximum atomic E-state index is 9.06. The van der Waals surface area contributed by atoms with Crippen molar-refractivity contribution in [2.24, 2.45) is 5.92 Å². The minimum atomic E-state index is 0.161. The molecule has 76 valence electrons. The maximum Gasteiger partial charge on any atom is 0.0986 e. The summed E-state index contributed by atoms with van der Waals surface area (Å²) in [5.74, 6) is 0.818. The number of nitrogens with zero attached hydrogens (tertiary/aromatic N) is 2. The average molecular weight is 198 g/mol. The van der Waals surface area contributed by atoms with E-state index in [0.717, 1.165) is 18.9 Å². The average Bonchev–Trinajstić information content (AvgIpc) is 2.97. The molecule has 1 aliphatic heterocycles. The van der Waals surface area contributed by atoms with Gasteiger partial charge in [-0.2, -0.15) is 5.26 Å². The van der Waals surface area contributed by atoms with Crippen molar-refractivity contribution in [3.05, 3.63) is 35.9 Å². The minimum Gasteiger partial charge on any atom is -0.280 e. The molecule has 1 saturated heterocycles. The van der Waals surface area contributed by atoms with E-state index in [0.29, 0.717) is 6.04 Å². The van der Waals surface area contributed by atoms with Crippen LogP contribution >= 0.6 is 0 Å². The van der Waals surface area contributed by atoms with E-state index in [9.17, 15) is 0 Å². The van der Waals surface area contributed by atoms with Crippen molar-refractivity contribution in [2.75, 3.05) is 0 Å². The Morgan fingerprint density at radius 2 is 2.07 bits per heavy atom. The molecular formula is C13H14N2. The molecule has 0 amide bonds. The third-order valence-electron chi connectivity index (χ3n) is 3.59. The van der Waals surface area contributed by atoms with Crippen LogP contribution in [0.5, 0.6) is 0 Å². The predicted octanol–water partition coefficient (Wildman–Crippen LogP) is 2.17. The van der Waals surface area contributed by atoms with Crippen LogP contribution in [-0.2, 0) is 6.54 Å². The predicted molar refractivity (Wildman–Crippen MR) is 57.9 cm³/mol. The zero-order valence-corrected chi connectivity index (χ0v) is 8.63. The summed E-state index contributed by atoms with van der Waals surface area (Å²) < 4.78 is 0. The molecule has 2 fully saturated rings. The van der Waals surface area contributed by atoms with Gasteiger partial charge < -0.3 is 0 Å². The van der Waals surface area contributed by atoms with Gasteiger partial charge in [0.05, 0.1) is 12.1 Å². The van der Waals surface area contributed by atoms with Gasteiger partial charge in [-0.05, 0) is 24.3 Å². The fourth-order valence-corrected chi connectivity index (χ4v) is 2.69. The van der Waals surface area contributed by atoms with Crippen LogP contribution in [0, 0.1) is 17.2 Å². The van der Waals surface area contributed by atoms with E-state index in [1.54, 1.807) is 0 Å². The van der Waals surface area contributed by atoms with Crippen molar-refractivity contribution in [1.29, 1.82) is 5.26 Å². The van der Waals surface area contributed by atoms with Crippen LogP contribution in [0.3, 0.4) is 0 Å². The van der Waals surface area contributed by atoms with Crippen molar-refractivity contribution in [1.82, 2.24) is 4.90 Å². The van der Waals surface area contributed by atoms with Crippen LogP contribution in [-0.4, -0.2) is 17.0 Å². The number of benzene rings is 1. The van der Waals surface area contributed by atoms with Crippen LogP contribution in [0.15, 0.2) is 30.3 Å². The quantitative estimate of drug-likeness (QED) is 0.728. The lowest BCUT2D eigenvalue weighted by Crippen LogP contribution is -2.31. The molecular weight excluding hydrogens is 184 g/mol. The molecule has 0 N–H and O–H groups in total. The Morgan fingerprint density at radius 3 is 2.80 bits per heavy atom. The molecule has 15 heavy (non-hydrogen) atoms. The monoisotopic (exact) mass is 198 g/mol. The first-order chi connectivity index (χ1) is 7.38. The van der Waals surface area contributed by atoms with E-state index in [2.05, 4.69) is 35.2 Å². The number of fused-ring (bicyclic) bond motifs is 1. The molecule has 3 atom stereocenters.